The number of carbonyl (C=O) groups is 1. The Labute approximate surface area is 518 Å². The monoisotopic (exact) mass is 1180 g/mol. The molecule has 0 fully saturated rings. The van der Waals surface area contributed by atoms with Gasteiger partial charge in [-0.15, -0.1) is 0 Å². The summed E-state index contributed by atoms with van der Waals surface area (Å²) >= 11 is 0. The third-order valence-corrected chi connectivity index (χ3v) is 15.2. The molecule has 0 aliphatic rings. The molecule has 0 aliphatic heterocycles. The predicted octanol–water partition coefficient (Wildman–Crippen LogP) is 21.8. The second-order valence-corrected chi connectivity index (χ2v) is 24.9. The number of nitrogens with zero attached hydrogens (tertiary/aromatic N) is 1. The number of rotatable bonds is 60. The molecule has 3 atom stereocenters. The van der Waals surface area contributed by atoms with E-state index in [0.717, 1.165) is 122 Å². The third-order valence-electron chi connectivity index (χ3n) is 14.2. The molecule has 8 nitrogen and oxygen atoms in total. The molecule has 0 aromatic heterocycles. The van der Waals surface area contributed by atoms with Crippen LogP contribution in [0.5, 0.6) is 0 Å². The lowest BCUT2D eigenvalue weighted by atomic mass is 10.0. The molecule has 84 heavy (non-hydrogen) atoms. The van der Waals surface area contributed by atoms with Gasteiger partial charge in [-0.05, 0) is 122 Å². The number of aliphatic hydroxyl groups is 1. The Morgan fingerprint density at radius 3 is 1.10 bits per heavy atom. The van der Waals surface area contributed by atoms with E-state index in [2.05, 4.69) is 165 Å². The van der Waals surface area contributed by atoms with Gasteiger partial charge in [0.05, 0.1) is 39.9 Å². The molecule has 3 unspecified atom stereocenters. The molecule has 3 N–H and O–H groups in total. The van der Waals surface area contributed by atoms with Crippen LogP contribution in [0.1, 0.15) is 258 Å². The number of carbonyl (C=O) groups excluding carboxylic acids is 1. The Morgan fingerprint density at radius 1 is 0.417 bits per heavy atom. The van der Waals surface area contributed by atoms with Crippen LogP contribution in [-0.2, 0) is 18.4 Å². The average Bonchev–Trinajstić information content (AvgIpc) is 3.56. The first-order valence-corrected chi connectivity index (χ1v) is 35.4. The number of quaternary nitrogens is 1. The molecule has 0 aliphatic carbocycles. The molecule has 0 radical (unpaired) electrons. The highest BCUT2D eigenvalue weighted by molar-refractivity contribution is 7.47. The van der Waals surface area contributed by atoms with E-state index in [0.29, 0.717) is 17.4 Å². The Hall–Kier alpha value is -3.88. The van der Waals surface area contributed by atoms with Gasteiger partial charge < -0.3 is 19.8 Å². The van der Waals surface area contributed by atoms with E-state index in [1.807, 2.05) is 27.2 Å². The lowest BCUT2D eigenvalue weighted by Gasteiger charge is -2.25. The van der Waals surface area contributed by atoms with E-state index in [1.54, 1.807) is 6.08 Å². The zero-order valence-electron chi connectivity index (χ0n) is 54.6. The molecule has 1 amide bonds. The fraction of sp³-hybridized carbons (Fsp3) is 0.640. The number of hydrogen-bond acceptors (Lipinski definition) is 5. The van der Waals surface area contributed by atoms with Crippen LogP contribution in [0, 0.1) is 0 Å². The van der Waals surface area contributed by atoms with Crippen molar-refractivity contribution in [3.63, 3.8) is 0 Å². The second-order valence-electron chi connectivity index (χ2n) is 23.4. The summed E-state index contributed by atoms with van der Waals surface area (Å²) in [7, 11) is 1.51. The lowest BCUT2D eigenvalue weighted by molar-refractivity contribution is -0.870. The van der Waals surface area contributed by atoms with Crippen molar-refractivity contribution in [2.75, 3.05) is 40.9 Å². The van der Waals surface area contributed by atoms with E-state index in [-0.39, 0.29) is 19.1 Å². The maximum Gasteiger partial charge on any atom is 0.472 e. The highest BCUT2D eigenvalue weighted by atomic mass is 31.2. The van der Waals surface area contributed by atoms with Crippen molar-refractivity contribution < 1.29 is 32.9 Å². The Kier molecular flexibility index (Phi) is 60.7. The summed E-state index contributed by atoms with van der Waals surface area (Å²) < 4.78 is 23.7. The minimum absolute atomic E-state index is 0.0393. The molecule has 9 heteroatoms. The Bertz CT molecular complexity index is 1930. The van der Waals surface area contributed by atoms with Gasteiger partial charge in [0.1, 0.15) is 13.2 Å². The molecule has 0 rings (SSSR count). The van der Waals surface area contributed by atoms with Gasteiger partial charge in [-0.1, -0.05) is 287 Å². The summed E-state index contributed by atoms with van der Waals surface area (Å²) in [4.78, 5) is 23.4. The summed E-state index contributed by atoms with van der Waals surface area (Å²) in [6.07, 6.45) is 99.5. The van der Waals surface area contributed by atoms with Crippen molar-refractivity contribution in [3.8, 4) is 0 Å². The van der Waals surface area contributed by atoms with Crippen molar-refractivity contribution in [3.05, 3.63) is 158 Å². The van der Waals surface area contributed by atoms with E-state index in [4.69, 9.17) is 9.05 Å². The quantitative estimate of drug-likeness (QED) is 0.0243. The van der Waals surface area contributed by atoms with Gasteiger partial charge in [-0.25, -0.2) is 4.57 Å². The SMILES string of the molecule is CC/C=C\C/C=C\C/C=C\C/C=C\C/C=C\C/C=C\C/C=C\C/C=C\C/C=C\C/C=C\CCCCCCC(=O)NC(COP(=O)(O)OCC[N+](C)(C)C)C(O)/C=C/CC/C=C/CC/C=C/CCCCCCCCCCCCCCCCCCC. The van der Waals surface area contributed by atoms with Crippen LogP contribution < -0.4 is 5.32 Å². The third kappa shape index (κ3) is 65.7. The van der Waals surface area contributed by atoms with Crippen LogP contribution in [0.15, 0.2) is 158 Å². The normalized spacial score (nSPS) is 14.7. The number of likely N-dealkylation sites (N-methyl/N-ethyl adjacent to an activating group) is 1. The number of allylic oxidation sites excluding steroid dienone is 25. The van der Waals surface area contributed by atoms with Gasteiger partial charge in [-0.3, -0.25) is 13.8 Å². The van der Waals surface area contributed by atoms with E-state index in [9.17, 15) is 19.4 Å². The molecular weight excluding hydrogens is 1060 g/mol. The van der Waals surface area contributed by atoms with Crippen LogP contribution in [0.4, 0.5) is 0 Å². The van der Waals surface area contributed by atoms with Crippen LogP contribution in [-0.4, -0.2) is 73.4 Å². The fourth-order valence-electron chi connectivity index (χ4n) is 8.98. The van der Waals surface area contributed by atoms with Crippen LogP contribution in [0.3, 0.4) is 0 Å². The highest BCUT2D eigenvalue weighted by Gasteiger charge is 2.27. The number of phosphoric ester groups is 1. The first-order valence-electron chi connectivity index (χ1n) is 33.9. The number of amides is 1. The van der Waals surface area contributed by atoms with Crippen LogP contribution >= 0.6 is 7.82 Å². The maximum absolute atomic E-state index is 13.0. The molecule has 478 valence electrons. The first-order chi connectivity index (χ1) is 41.0. The topological polar surface area (TPSA) is 105 Å². The van der Waals surface area contributed by atoms with E-state index < -0.39 is 20.0 Å². The van der Waals surface area contributed by atoms with E-state index >= 15 is 0 Å². The summed E-state index contributed by atoms with van der Waals surface area (Å²) in [6.45, 7) is 4.65. The molecular formula is C75H128N2O6P+. The number of phosphoric acid groups is 1. The molecule has 0 saturated heterocycles. The van der Waals surface area contributed by atoms with Gasteiger partial charge in [0.2, 0.25) is 5.91 Å². The number of nitrogens with one attached hydrogen (secondary N) is 1. The number of unbranched alkanes of at least 4 members (excludes halogenated alkanes) is 23. The van der Waals surface area contributed by atoms with Crippen molar-refractivity contribution in [2.45, 2.75) is 270 Å². The maximum atomic E-state index is 13.0. The fourth-order valence-corrected chi connectivity index (χ4v) is 9.72. The van der Waals surface area contributed by atoms with Gasteiger partial charge in [0.15, 0.2) is 0 Å². The van der Waals surface area contributed by atoms with E-state index in [1.165, 1.54) is 116 Å². The Morgan fingerprint density at radius 2 is 0.726 bits per heavy atom. The van der Waals surface area contributed by atoms with Gasteiger partial charge in [0, 0.05) is 6.42 Å². The van der Waals surface area contributed by atoms with Crippen molar-refractivity contribution in [2.24, 2.45) is 0 Å². The van der Waals surface area contributed by atoms with Gasteiger partial charge in [0.25, 0.3) is 0 Å². The van der Waals surface area contributed by atoms with Crippen LogP contribution in [0.25, 0.3) is 0 Å². The summed E-state index contributed by atoms with van der Waals surface area (Å²) in [5, 5.41) is 13.9. The summed E-state index contributed by atoms with van der Waals surface area (Å²) in [5.74, 6) is -0.221. The summed E-state index contributed by atoms with van der Waals surface area (Å²) in [5.41, 5.74) is 0. The molecule has 0 bridgehead atoms. The standard InChI is InChI=1S/C75H127N2O6P/c1-6-8-10-12-14-16-18-20-22-24-26-28-30-32-34-35-36-37-38-39-40-41-43-45-47-49-51-53-55-57-59-61-63-65-67-69-75(79)76-73(72-83-84(80,81)82-71-70-77(3,4)5)74(78)68-66-64-62-60-58-56-54-52-50-48-46-44-42-33-31-29-27-25-23-21-19-17-15-13-11-9-7-2/h8,10,14,16,20,22,26,28,32,34,36-37,39-40,43,45,49-52,55,57-58,60,66,68,73-74,78H,6-7,9,11-13,15,17-19,21,23-25,27,29-31,33,35,38,41-42,44,46-48,53-54,56,59,61-65,67,69-72H2,1-5H3,(H-,76,79,80,81)/p+1/b10-8-,16-14-,22-20-,28-26-,34-32-,37-36-,40-39-,45-43-,51-49-,52-50+,57-55-,60-58+,68-66+. The van der Waals surface area contributed by atoms with Crippen molar-refractivity contribution in [1.82, 2.24) is 5.32 Å². The number of hydrogen-bond donors (Lipinski definition) is 3. The molecule has 0 spiro atoms. The minimum Gasteiger partial charge on any atom is -0.387 e. The average molecular weight is 1180 g/mol. The molecule has 0 saturated carbocycles. The molecule has 0 heterocycles. The van der Waals surface area contributed by atoms with Crippen LogP contribution in [0.2, 0.25) is 0 Å². The van der Waals surface area contributed by atoms with Gasteiger partial charge >= 0.3 is 7.82 Å². The smallest absolute Gasteiger partial charge is 0.387 e. The largest absolute Gasteiger partial charge is 0.472 e. The zero-order chi connectivity index (χ0) is 61.2. The summed E-state index contributed by atoms with van der Waals surface area (Å²) in [6, 6.07) is -0.898. The highest BCUT2D eigenvalue weighted by Crippen LogP contribution is 2.43. The molecule has 0 aromatic rings. The lowest BCUT2D eigenvalue weighted by Crippen LogP contribution is -2.45. The second kappa shape index (κ2) is 63.6. The minimum atomic E-state index is -4.39. The predicted molar refractivity (Wildman–Crippen MR) is 368 cm³/mol. The van der Waals surface area contributed by atoms with Gasteiger partial charge in [-0.2, -0.15) is 0 Å². The zero-order valence-corrected chi connectivity index (χ0v) is 55.5. The number of aliphatic hydroxyl groups excluding tert-OH is 1. The molecule has 0 aromatic carbocycles. The Balaban J connectivity index is 4.30. The van der Waals surface area contributed by atoms with Crippen molar-refractivity contribution >= 4 is 13.7 Å². The first kappa shape index (κ1) is 80.1. The van der Waals surface area contributed by atoms with Crippen molar-refractivity contribution in [1.29, 1.82) is 0 Å².